The number of hydrogen-bond donors (Lipinski definition) is 2. The van der Waals surface area contributed by atoms with Crippen LogP contribution >= 0.6 is 0 Å². The van der Waals surface area contributed by atoms with Gasteiger partial charge in [0.05, 0.1) is 10.6 Å². The Morgan fingerprint density at radius 2 is 1.89 bits per heavy atom. The van der Waals surface area contributed by atoms with Gasteiger partial charge in [-0.3, -0.25) is 0 Å². The number of halogens is 2. The maximum Gasteiger partial charge on any atom is 0.341 e. The second-order valence-electron chi connectivity index (χ2n) is 3.94. The summed E-state index contributed by atoms with van der Waals surface area (Å²) in [6.45, 7) is 4.14. The van der Waals surface area contributed by atoms with Crippen LogP contribution in [0.25, 0.3) is 0 Å². The fraction of sp³-hybridized carbons (Fsp3) is 0.500. The summed E-state index contributed by atoms with van der Waals surface area (Å²) in [6.07, 6.45) is 0.775. The van der Waals surface area contributed by atoms with Crippen LogP contribution in [0.5, 0.6) is 0 Å². The van der Waals surface area contributed by atoms with Gasteiger partial charge in [-0.1, -0.05) is 19.1 Å². The van der Waals surface area contributed by atoms with Crippen molar-refractivity contribution in [1.29, 1.82) is 0 Å². The van der Waals surface area contributed by atoms with Gasteiger partial charge in [-0.2, -0.15) is 8.78 Å². The van der Waals surface area contributed by atoms with Gasteiger partial charge in [0.25, 0.3) is 0 Å². The molecule has 0 radical (unpaired) electrons. The third-order valence-corrected chi connectivity index (χ3v) is 3.96. The molecule has 0 saturated heterocycles. The molecule has 0 aliphatic heterocycles. The number of para-hydroxylation sites is 1. The van der Waals surface area contributed by atoms with Crippen LogP contribution in [-0.4, -0.2) is 33.8 Å². The molecule has 0 saturated carbocycles. The summed E-state index contributed by atoms with van der Waals surface area (Å²) in [5.74, 6) is -3.41. The monoisotopic (exact) mass is 292 g/mol. The van der Waals surface area contributed by atoms with Crippen LogP contribution in [0, 0.1) is 0 Å². The molecular weight excluding hydrogens is 274 g/mol. The van der Waals surface area contributed by atoms with Gasteiger partial charge in [-0.15, -0.1) is 0 Å². The highest BCUT2D eigenvalue weighted by molar-refractivity contribution is 7.91. The second-order valence-corrected chi connectivity index (χ2v) is 5.82. The maximum absolute atomic E-state index is 12.5. The van der Waals surface area contributed by atoms with E-state index in [4.69, 9.17) is 0 Å². The van der Waals surface area contributed by atoms with Crippen LogP contribution in [0.3, 0.4) is 0 Å². The van der Waals surface area contributed by atoms with E-state index >= 15 is 0 Å². The number of hydrogen-bond acceptors (Lipinski definition) is 4. The molecule has 4 nitrogen and oxygen atoms in total. The van der Waals surface area contributed by atoms with E-state index in [9.17, 15) is 17.2 Å². The van der Waals surface area contributed by atoms with Gasteiger partial charge < -0.3 is 10.6 Å². The zero-order valence-electron chi connectivity index (χ0n) is 10.7. The molecule has 0 unspecified atom stereocenters. The van der Waals surface area contributed by atoms with Crippen molar-refractivity contribution >= 4 is 15.5 Å². The summed E-state index contributed by atoms with van der Waals surface area (Å²) in [5.41, 5.74) is 0.222. The Hall–Kier alpha value is -1.21. The minimum atomic E-state index is -4.57. The van der Waals surface area contributed by atoms with E-state index < -0.39 is 15.6 Å². The summed E-state index contributed by atoms with van der Waals surface area (Å²) in [4.78, 5) is -0.353. The molecule has 0 atom stereocenters. The average molecular weight is 292 g/mol. The Balaban J connectivity index is 2.74. The smallest absolute Gasteiger partial charge is 0.341 e. The van der Waals surface area contributed by atoms with Crippen molar-refractivity contribution in [1.82, 2.24) is 5.32 Å². The van der Waals surface area contributed by atoms with Crippen LogP contribution in [-0.2, 0) is 9.84 Å². The molecule has 0 heterocycles. The zero-order valence-corrected chi connectivity index (χ0v) is 11.5. The molecule has 7 heteroatoms. The summed E-state index contributed by atoms with van der Waals surface area (Å²) in [5, 5.41) is 6.00. The molecule has 0 amide bonds. The van der Waals surface area contributed by atoms with E-state index in [0.717, 1.165) is 19.5 Å². The zero-order chi connectivity index (χ0) is 14.3. The second kappa shape index (κ2) is 7.40. The van der Waals surface area contributed by atoms with Crippen molar-refractivity contribution in [2.24, 2.45) is 0 Å². The number of rotatable bonds is 8. The van der Waals surface area contributed by atoms with Gasteiger partial charge in [0.2, 0.25) is 9.84 Å². The summed E-state index contributed by atoms with van der Waals surface area (Å²) in [7, 11) is -4.57. The van der Waals surface area contributed by atoms with Crippen LogP contribution in [0.4, 0.5) is 14.5 Å². The maximum atomic E-state index is 12.5. The molecule has 19 heavy (non-hydrogen) atoms. The largest absolute Gasteiger partial charge is 0.384 e. The molecule has 0 aliphatic carbocycles. The minimum Gasteiger partial charge on any atom is -0.384 e. The third-order valence-electron chi connectivity index (χ3n) is 2.52. The van der Waals surface area contributed by atoms with Crippen molar-refractivity contribution in [3.63, 3.8) is 0 Å². The lowest BCUT2D eigenvalue weighted by Gasteiger charge is -2.12. The molecule has 0 aromatic heterocycles. The molecule has 2 N–H and O–H groups in total. The van der Waals surface area contributed by atoms with E-state index in [2.05, 4.69) is 10.6 Å². The molecule has 0 fully saturated rings. The quantitative estimate of drug-likeness (QED) is 0.720. The Labute approximate surface area is 112 Å². The first kappa shape index (κ1) is 15.8. The van der Waals surface area contributed by atoms with Crippen LogP contribution in [0.15, 0.2) is 29.2 Å². The van der Waals surface area contributed by atoms with Crippen LogP contribution < -0.4 is 10.6 Å². The first-order chi connectivity index (χ1) is 9.00. The highest BCUT2D eigenvalue weighted by Gasteiger charge is 2.28. The first-order valence-electron chi connectivity index (χ1n) is 6.05. The fourth-order valence-corrected chi connectivity index (χ4v) is 2.48. The van der Waals surface area contributed by atoms with Gasteiger partial charge >= 0.3 is 5.76 Å². The van der Waals surface area contributed by atoms with E-state index in [1.807, 2.05) is 6.92 Å². The molecule has 0 bridgehead atoms. The molecular formula is C12H18F2N2O2S. The van der Waals surface area contributed by atoms with E-state index in [-0.39, 0.29) is 10.6 Å². The summed E-state index contributed by atoms with van der Waals surface area (Å²) < 4.78 is 48.1. The summed E-state index contributed by atoms with van der Waals surface area (Å²) >= 11 is 0. The Bertz CT molecular complexity index is 492. The van der Waals surface area contributed by atoms with Crippen molar-refractivity contribution in [2.45, 2.75) is 24.0 Å². The topological polar surface area (TPSA) is 58.2 Å². The number of sulfone groups is 1. The van der Waals surface area contributed by atoms with Crippen molar-refractivity contribution < 1.29 is 17.2 Å². The van der Waals surface area contributed by atoms with Gasteiger partial charge in [-0.25, -0.2) is 8.42 Å². The van der Waals surface area contributed by atoms with Crippen LogP contribution in [0.2, 0.25) is 0 Å². The van der Waals surface area contributed by atoms with E-state index in [1.54, 1.807) is 6.07 Å². The third kappa shape index (κ3) is 4.43. The Kier molecular flexibility index (Phi) is 6.17. The Morgan fingerprint density at radius 1 is 1.21 bits per heavy atom. The number of benzene rings is 1. The number of alkyl halides is 2. The van der Waals surface area contributed by atoms with E-state index in [1.165, 1.54) is 18.2 Å². The summed E-state index contributed by atoms with van der Waals surface area (Å²) in [6, 6.07) is 5.72. The molecule has 0 aliphatic rings. The molecule has 1 rings (SSSR count). The van der Waals surface area contributed by atoms with Crippen molar-refractivity contribution in [3.05, 3.63) is 24.3 Å². The number of nitrogens with one attached hydrogen (secondary N) is 2. The highest BCUT2D eigenvalue weighted by atomic mass is 32.2. The Morgan fingerprint density at radius 3 is 2.53 bits per heavy atom. The van der Waals surface area contributed by atoms with Crippen molar-refractivity contribution in [2.75, 3.05) is 25.0 Å². The van der Waals surface area contributed by atoms with Gasteiger partial charge in [0.1, 0.15) is 0 Å². The van der Waals surface area contributed by atoms with Gasteiger partial charge in [-0.05, 0) is 31.6 Å². The molecule has 108 valence electrons. The lowest BCUT2D eigenvalue weighted by atomic mass is 10.3. The van der Waals surface area contributed by atoms with Gasteiger partial charge in [0, 0.05) is 6.54 Å². The number of anilines is 1. The lowest BCUT2D eigenvalue weighted by molar-refractivity contribution is 0.235. The first-order valence-corrected chi connectivity index (χ1v) is 7.60. The normalized spacial score (nSPS) is 11.8. The standard InChI is InChI=1S/C12H18F2N2O2S/c1-2-15-8-5-9-16-10-6-3-4-7-11(10)19(17,18)12(13)14/h3-4,6-7,12,15-16H,2,5,8-9H2,1H3. The highest BCUT2D eigenvalue weighted by Crippen LogP contribution is 2.25. The SMILES string of the molecule is CCNCCCNc1ccccc1S(=O)(=O)C(F)F. The molecule has 1 aromatic carbocycles. The van der Waals surface area contributed by atoms with Gasteiger partial charge in [0.15, 0.2) is 0 Å². The van der Waals surface area contributed by atoms with Crippen LogP contribution in [0.1, 0.15) is 13.3 Å². The lowest BCUT2D eigenvalue weighted by Crippen LogP contribution is -2.18. The minimum absolute atomic E-state index is 0.222. The predicted octanol–water partition coefficient (Wildman–Crippen LogP) is 2.09. The predicted molar refractivity (Wildman–Crippen MR) is 71.3 cm³/mol. The van der Waals surface area contributed by atoms with Crippen molar-refractivity contribution in [3.8, 4) is 0 Å². The molecule has 1 aromatic rings. The molecule has 0 spiro atoms. The fourth-order valence-electron chi connectivity index (χ4n) is 1.57. The van der Waals surface area contributed by atoms with E-state index in [0.29, 0.717) is 6.54 Å². The average Bonchev–Trinajstić information content (AvgIpc) is 2.38.